The van der Waals surface area contributed by atoms with Crippen molar-refractivity contribution >= 4 is 38.2 Å². The van der Waals surface area contributed by atoms with Crippen molar-refractivity contribution in [3.8, 4) is 0 Å². The summed E-state index contributed by atoms with van der Waals surface area (Å²) in [6.45, 7) is 7.80. The maximum Gasteiger partial charge on any atom is 0.203 e. The van der Waals surface area contributed by atoms with E-state index in [1.807, 2.05) is 23.7 Å². The van der Waals surface area contributed by atoms with E-state index in [0.717, 1.165) is 60.5 Å². The number of fused-ring (bicyclic) bond motifs is 2. The summed E-state index contributed by atoms with van der Waals surface area (Å²) in [5, 5.41) is 9.61. The number of rotatable bonds is 3. The van der Waals surface area contributed by atoms with Crippen LogP contribution in [0.2, 0.25) is 0 Å². The molecule has 1 saturated heterocycles. The Bertz CT molecular complexity index is 1110. The zero-order valence-electron chi connectivity index (χ0n) is 15.5. The van der Waals surface area contributed by atoms with Crippen LogP contribution in [0, 0.1) is 6.92 Å². The van der Waals surface area contributed by atoms with Crippen LogP contribution in [0.5, 0.6) is 0 Å². The molecule has 138 valence electrons. The highest BCUT2D eigenvalue weighted by Crippen LogP contribution is 2.32. The first-order chi connectivity index (χ1) is 13.2. The van der Waals surface area contributed by atoms with Crippen molar-refractivity contribution in [2.75, 3.05) is 36.0 Å². The van der Waals surface area contributed by atoms with Crippen LogP contribution in [0.1, 0.15) is 18.3 Å². The third-order valence-electron chi connectivity index (χ3n) is 5.20. The summed E-state index contributed by atoms with van der Waals surface area (Å²) in [4.78, 5) is 14.2. The molecule has 4 aromatic rings. The lowest BCUT2D eigenvalue weighted by molar-refractivity contribution is 0.646. The number of benzene rings is 1. The highest BCUT2D eigenvalue weighted by Gasteiger charge is 2.23. The van der Waals surface area contributed by atoms with Gasteiger partial charge < -0.3 is 9.80 Å². The van der Waals surface area contributed by atoms with Gasteiger partial charge in [-0.3, -0.25) is 4.40 Å². The second-order valence-corrected chi connectivity index (χ2v) is 7.79. The van der Waals surface area contributed by atoms with E-state index in [9.17, 15) is 0 Å². The minimum absolute atomic E-state index is 0.830. The van der Waals surface area contributed by atoms with E-state index < -0.39 is 0 Å². The molecule has 0 atom stereocenters. The molecule has 27 heavy (non-hydrogen) atoms. The molecule has 1 aliphatic heterocycles. The first kappa shape index (κ1) is 16.4. The molecular weight excluding hydrogens is 358 g/mol. The van der Waals surface area contributed by atoms with Crippen LogP contribution < -0.4 is 9.80 Å². The van der Waals surface area contributed by atoms with Crippen LogP contribution in [0.4, 0.5) is 10.9 Å². The Morgan fingerprint density at radius 2 is 1.89 bits per heavy atom. The minimum atomic E-state index is 0.830. The van der Waals surface area contributed by atoms with E-state index in [2.05, 4.69) is 50.1 Å². The zero-order valence-corrected chi connectivity index (χ0v) is 16.3. The Hall–Kier alpha value is -2.74. The molecule has 0 spiro atoms. The second kappa shape index (κ2) is 6.45. The van der Waals surface area contributed by atoms with Gasteiger partial charge in [-0.05, 0) is 25.0 Å². The van der Waals surface area contributed by atoms with Gasteiger partial charge in [-0.25, -0.2) is 9.97 Å². The predicted molar refractivity (Wildman–Crippen MR) is 109 cm³/mol. The predicted octanol–water partition coefficient (Wildman–Crippen LogP) is 2.93. The molecule has 0 saturated carbocycles. The quantitative estimate of drug-likeness (QED) is 0.545. The van der Waals surface area contributed by atoms with Gasteiger partial charge in [0, 0.05) is 38.6 Å². The van der Waals surface area contributed by atoms with Crippen LogP contribution in [0.3, 0.4) is 0 Å². The summed E-state index contributed by atoms with van der Waals surface area (Å²) in [6, 6.07) is 6.48. The highest BCUT2D eigenvalue weighted by molar-refractivity contribution is 7.22. The largest absolute Gasteiger partial charge is 0.350 e. The molecule has 7 nitrogen and oxygen atoms in total. The van der Waals surface area contributed by atoms with Gasteiger partial charge in [0.1, 0.15) is 5.82 Å². The van der Waals surface area contributed by atoms with Crippen LogP contribution >= 0.6 is 11.3 Å². The molecule has 0 radical (unpaired) electrons. The maximum absolute atomic E-state index is 4.94. The zero-order chi connectivity index (χ0) is 18.4. The summed E-state index contributed by atoms with van der Waals surface area (Å²) in [5.41, 5.74) is 3.32. The lowest BCUT2D eigenvalue weighted by Gasteiger charge is -2.35. The molecule has 5 rings (SSSR count). The van der Waals surface area contributed by atoms with Crippen molar-refractivity contribution in [1.82, 2.24) is 24.6 Å². The second-order valence-electron chi connectivity index (χ2n) is 6.78. The van der Waals surface area contributed by atoms with Crippen molar-refractivity contribution in [2.24, 2.45) is 0 Å². The lowest BCUT2D eigenvalue weighted by Crippen LogP contribution is -2.47. The van der Waals surface area contributed by atoms with Crippen molar-refractivity contribution in [3.05, 3.63) is 42.0 Å². The molecule has 0 N–H and O–H groups in total. The average Bonchev–Trinajstić information content (AvgIpc) is 3.32. The maximum atomic E-state index is 4.94. The molecular formula is C19H21N7S. The van der Waals surface area contributed by atoms with Crippen molar-refractivity contribution < 1.29 is 0 Å². The molecule has 3 aromatic heterocycles. The van der Waals surface area contributed by atoms with Crippen LogP contribution in [0.25, 0.3) is 15.9 Å². The smallest absolute Gasteiger partial charge is 0.203 e. The molecule has 8 heteroatoms. The monoisotopic (exact) mass is 379 g/mol. The summed E-state index contributed by atoms with van der Waals surface area (Å²) >= 11 is 1.79. The average molecular weight is 379 g/mol. The number of hydrogen-bond donors (Lipinski definition) is 0. The van der Waals surface area contributed by atoms with Gasteiger partial charge in [0.2, 0.25) is 5.65 Å². The third-order valence-corrected chi connectivity index (χ3v) is 6.28. The van der Waals surface area contributed by atoms with Gasteiger partial charge in [0.05, 0.1) is 10.2 Å². The standard InChI is InChI=1S/C19H21N7S/c1-3-14-5-4-6-15-16(14)21-19(27-15)25-11-9-24(10-12-25)17-18-23-22-13(2)26(18)8-7-20-17/h4-8H,3,9-12H2,1-2H3. The van der Waals surface area contributed by atoms with E-state index in [1.54, 1.807) is 11.3 Å². The normalized spacial score (nSPS) is 15.2. The van der Waals surface area contributed by atoms with Crippen molar-refractivity contribution in [1.29, 1.82) is 0 Å². The number of para-hydroxylation sites is 1. The number of hydrogen-bond acceptors (Lipinski definition) is 7. The number of piperazine rings is 1. The molecule has 4 heterocycles. The highest BCUT2D eigenvalue weighted by atomic mass is 32.1. The Kier molecular flexibility index (Phi) is 3.93. The Balaban J connectivity index is 1.38. The SMILES string of the molecule is CCc1cccc2sc(N3CCN(c4nccn5c(C)nnc45)CC3)nc12. The molecule has 1 aromatic carbocycles. The Morgan fingerprint density at radius 1 is 1.07 bits per heavy atom. The fraction of sp³-hybridized carbons (Fsp3) is 0.368. The number of nitrogens with zero attached hydrogens (tertiary/aromatic N) is 7. The summed E-state index contributed by atoms with van der Waals surface area (Å²) in [5.74, 6) is 1.80. The molecule has 0 bridgehead atoms. The van der Waals surface area contributed by atoms with E-state index in [4.69, 9.17) is 4.98 Å². The van der Waals surface area contributed by atoms with Gasteiger partial charge >= 0.3 is 0 Å². The molecule has 0 amide bonds. The van der Waals surface area contributed by atoms with Gasteiger partial charge in [0.15, 0.2) is 10.9 Å². The van der Waals surface area contributed by atoms with Crippen LogP contribution in [-0.2, 0) is 6.42 Å². The van der Waals surface area contributed by atoms with E-state index in [1.165, 1.54) is 10.3 Å². The van der Waals surface area contributed by atoms with Gasteiger partial charge in [0.25, 0.3) is 0 Å². The molecule has 1 fully saturated rings. The van der Waals surface area contributed by atoms with Gasteiger partial charge in [-0.1, -0.05) is 30.4 Å². The van der Waals surface area contributed by atoms with Crippen LogP contribution in [-0.4, -0.2) is 50.7 Å². The van der Waals surface area contributed by atoms with Crippen molar-refractivity contribution in [3.63, 3.8) is 0 Å². The van der Waals surface area contributed by atoms with E-state index in [0.29, 0.717) is 0 Å². The van der Waals surface area contributed by atoms with Crippen LogP contribution in [0.15, 0.2) is 30.6 Å². The third kappa shape index (κ3) is 2.71. The molecule has 0 unspecified atom stereocenters. The number of aromatic nitrogens is 5. The number of anilines is 2. The number of thiazole rings is 1. The van der Waals surface area contributed by atoms with Crippen molar-refractivity contribution in [2.45, 2.75) is 20.3 Å². The fourth-order valence-corrected chi connectivity index (χ4v) is 4.74. The van der Waals surface area contributed by atoms with Gasteiger partial charge in [-0.2, -0.15) is 0 Å². The first-order valence-electron chi connectivity index (χ1n) is 9.29. The first-order valence-corrected chi connectivity index (χ1v) is 10.1. The molecule has 0 aliphatic carbocycles. The topological polar surface area (TPSA) is 62.5 Å². The lowest BCUT2D eigenvalue weighted by atomic mass is 10.1. The Morgan fingerprint density at radius 3 is 2.70 bits per heavy atom. The summed E-state index contributed by atoms with van der Waals surface area (Å²) in [7, 11) is 0. The fourth-order valence-electron chi connectivity index (χ4n) is 3.68. The van der Waals surface area contributed by atoms with E-state index >= 15 is 0 Å². The minimum Gasteiger partial charge on any atom is -0.350 e. The summed E-state index contributed by atoms with van der Waals surface area (Å²) in [6.07, 6.45) is 4.75. The molecule has 1 aliphatic rings. The van der Waals surface area contributed by atoms with Gasteiger partial charge in [-0.15, -0.1) is 10.2 Å². The Labute approximate surface area is 161 Å². The summed E-state index contributed by atoms with van der Waals surface area (Å²) < 4.78 is 3.27. The van der Waals surface area contributed by atoms with E-state index in [-0.39, 0.29) is 0 Å². The number of aryl methyl sites for hydroxylation is 2.